The highest BCUT2D eigenvalue weighted by Gasteiger charge is 2.42. The summed E-state index contributed by atoms with van der Waals surface area (Å²) < 4.78 is 7.58. The molecule has 3 N–H and O–H groups in total. The number of hydrogen-bond donors (Lipinski definition) is 2. The normalized spacial score (nSPS) is 22.2. The number of ether oxygens (including phenoxy) is 1. The quantitative estimate of drug-likeness (QED) is 0.392. The van der Waals surface area contributed by atoms with Crippen molar-refractivity contribution in [2.75, 3.05) is 19.6 Å². The van der Waals surface area contributed by atoms with Crippen molar-refractivity contribution in [1.29, 1.82) is 0 Å². The van der Waals surface area contributed by atoms with Gasteiger partial charge in [0.05, 0.1) is 34.2 Å². The van der Waals surface area contributed by atoms with Crippen molar-refractivity contribution in [3.05, 3.63) is 62.4 Å². The third-order valence-corrected chi connectivity index (χ3v) is 8.97. The highest BCUT2D eigenvalue weighted by molar-refractivity contribution is 7.22. The lowest BCUT2D eigenvalue weighted by atomic mass is 9.93. The molecular formula is C27H29Cl2N3O4S. The maximum atomic E-state index is 12.9. The Labute approximate surface area is 229 Å². The van der Waals surface area contributed by atoms with E-state index in [0.29, 0.717) is 27.2 Å². The van der Waals surface area contributed by atoms with E-state index in [1.165, 1.54) is 11.3 Å². The molecule has 3 atom stereocenters. The van der Waals surface area contributed by atoms with Gasteiger partial charge in [0.2, 0.25) is 5.91 Å². The fourth-order valence-corrected chi connectivity index (χ4v) is 6.83. The summed E-state index contributed by atoms with van der Waals surface area (Å²) in [6, 6.07) is 9.76. The van der Waals surface area contributed by atoms with Gasteiger partial charge in [0.25, 0.3) is 0 Å². The average molecular weight is 563 g/mol. The van der Waals surface area contributed by atoms with E-state index >= 15 is 0 Å². The Bertz CT molecular complexity index is 1320. The molecule has 7 nitrogen and oxygen atoms in total. The largest absolute Gasteiger partial charge is 0.489 e. The van der Waals surface area contributed by atoms with E-state index in [1.54, 1.807) is 17.2 Å². The molecular weight excluding hydrogens is 533 g/mol. The molecule has 0 spiro atoms. The second-order valence-corrected chi connectivity index (χ2v) is 12.2. The maximum Gasteiger partial charge on any atom is 0.241 e. The predicted molar refractivity (Wildman–Crippen MR) is 145 cm³/mol. The van der Waals surface area contributed by atoms with Crippen molar-refractivity contribution in [2.24, 2.45) is 5.73 Å². The van der Waals surface area contributed by atoms with Gasteiger partial charge in [-0.2, -0.15) is 5.06 Å². The minimum absolute atomic E-state index is 0.221. The van der Waals surface area contributed by atoms with Crippen LogP contribution in [0.5, 0.6) is 5.75 Å². The van der Waals surface area contributed by atoms with Crippen LogP contribution in [0.4, 0.5) is 0 Å². The Morgan fingerprint density at radius 1 is 1.19 bits per heavy atom. The summed E-state index contributed by atoms with van der Waals surface area (Å²) in [5.74, 6) is 0.0827. The average Bonchev–Trinajstić information content (AvgIpc) is 3.38. The summed E-state index contributed by atoms with van der Waals surface area (Å²) in [5, 5.41) is 14.7. The highest BCUT2D eigenvalue weighted by Crippen LogP contribution is 2.42. The fourth-order valence-electron chi connectivity index (χ4n) is 5.42. The lowest BCUT2D eigenvalue weighted by Crippen LogP contribution is -2.52. The monoisotopic (exact) mass is 561 g/mol. The number of halogens is 2. The third-order valence-electron chi connectivity index (χ3n) is 7.45. The molecule has 0 bridgehead atoms. The van der Waals surface area contributed by atoms with Gasteiger partial charge in [0.15, 0.2) is 0 Å². The van der Waals surface area contributed by atoms with E-state index in [9.17, 15) is 9.90 Å². The lowest BCUT2D eigenvalue weighted by molar-refractivity contribution is -0.248. The van der Waals surface area contributed by atoms with Crippen LogP contribution in [0.2, 0.25) is 9.36 Å². The zero-order chi connectivity index (χ0) is 25.7. The second-order valence-electron chi connectivity index (χ2n) is 10.1. The van der Waals surface area contributed by atoms with Crippen LogP contribution in [0.3, 0.4) is 0 Å². The van der Waals surface area contributed by atoms with E-state index in [4.69, 9.17) is 38.5 Å². The van der Waals surface area contributed by atoms with Gasteiger partial charge < -0.3 is 20.5 Å². The van der Waals surface area contributed by atoms with Crippen LogP contribution in [-0.4, -0.2) is 52.8 Å². The van der Waals surface area contributed by atoms with Crippen LogP contribution in [0.1, 0.15) is 54.5 Å². The van der Waals surface area contributed by atoms with E-state index in [2.05, 4.69) is 4.90 Å². The summed E-state index contributed by atoms with van der Waals surface area (Å²) in [6.07, 6.45) is 3.51. The number of primary amides is 1. The molecule has 3 aliphatic rings. The summed E-state index contributed by atoms with van der Waals surface area (Å²) in [4.78, 5) is 21.5. The van der Waals surface area contributed by atoms with Gasteiger partial charge in [-0.15, -0.1) is 11.3 Å². The van der Waals surface area contributed by atoms with Gasteiger partial charge in [0.1, 0.15) is 11.8 Å². The van der Waals surface area contributed by atoms with Gasteiger partial charge in [0, 0.05) is 11.2 Å². The standard InChI is InChI=1S/C27H29Cl2N3O4S/c28-20-11-15(3-7-22(20)36-16-4-5-16)26(33)21(13-31-9-1-2-10-31)32-25(27(30)34)17-6-8-23-18(12-24(29)37-23)19(17)14-35-32/h3,6-8,11-12,16,21,25-26,33H,1-2,4-5,9-10,13-14H2,(H2,30,34)/t21-,25?,26-/m1/s1. The molecule has 10 heteroatoms. The van der Waals surface area contributed by atoms with Crippen LogP contribution in [0.25, 0.3) is 10.1 Å². The van der Waals surface area contributed by atoms with E-state index < -0.39 is 24.1 Å². The van der Waals surface area contributed by atoms with Crippen molar-refractivity contribution in [1.82, 2.24) is 9.96 Å². The van der Waals surface area contributed by atoms with E-state index in [-0.39, 0.29) is 12.7 Å². The Balaban J connectivity index is 1.36. The van der Waals surface area contributed by atoms with E-state index in [1.807, 2.05) is 24.3 Å². The number of fused-ring (bicyclic) bond motifs is 3. The van der Waals surface area contributed by atoms with Crippen LogP contribution in [0.15, 0.2) is 36.4 Å². The summed E-state index contributed by atoms with van der Waals surface area (Å²) >= 11 is 14.3. The molecule has 196 valence electrons. The Morgan fingerprint density at radius 3 is 2.68 bits per heavy atom. The molecule has 2 fully saturated rings. The number of likely N-dealkylation sites (tertiary alicyclic amines) is 1. The van der Waals surface area contributed by atoms with Gasteiger partial charge in [-0.1, -0.05) is 35.3 Å². The predicted octanol–water partition coefficient (Wildman–Crippen LogP) is 5.22. The molecule has 6 rings (SSSR count). The molecule has 1 saturated carbocycles. The number of carbonyl (C=O) groups is 1. The number of nitrogens with two attached hydrogens (primary N) is 1. The SMILES string of the molecule is NC(=O)C1c2ccc3sc(Cl)cc3c2CON1[C@H](CN1CCCC1)[C@H](O)c1ccc(OC2CC2)c(Cl)c1. The molecule has 3 aromatic rings. The fraction of sp³-hybridized carbons (Fsp3) is 0.444. The number of carbonyl (C=O) groups excluding carboxylic acids is 1. The first kappa shape index (κ1) is 25.4. The van der Waals surface area contributed by atoms with Crippen molar-refractivity contribution in [2.45, 2.75) is 56.6 Å². The first-order valence-electron chi connectivity index (χ1n) is 12.7. The molecule has 3 heterocycles. The molecule has 1 saturated heterocycles. The minimum atomic E-state index is -0.976. The molecule has 0 radical (unpaired) electrons. The summed E-state index contributed by atoms with van der Waals surface area (Å²) in [5.41, 5.74) is 8.31. The van der Waals surface area contributed by atoms with Gasteiger partial charge in [-0.05, 0) is 85.1 Å². The molecule has 37 heavy (non-hydrogen) atoms. The van der Waals surface area contributed by atoms with Crippen LogP contribution in [-0.2, 0) is 16.2 Å². The van der Waals surface area contributed by atoms with Gasteiger partial charge in [-0.3, -0.25) is 9.63 Å². The Morgan fingerprint density at radius 2 is 1.97 bits per heavy atom. The maximum absolute atomic E-state index is 12.9. The van der Waals surface area contributed by atoms with Crippen molar-refractivity contribution >= 4 is 50.5 Å². The number of hydrogen-bond acceptors (Lipinski definition) is 7. The number of thiophene rings is 1. The Hall–Kier alpha value is -1.91. The number of nitrogens with zero attached hydrogens (tertiary/aromatic N) is 2. The summed E-state index contributed by atoms with van der Waals surface area (Å²) in [7, 11) is 0. The Kier molecular flexibility index (Phi) is 7.09. The van der Waals surface area contributed by atoms with Crippen molar-refractivity contribution in [3.63, 3.8) is 0 Å². The number of aliphatic hydroxyl groups is 1. The van der Waals surface area contributed by atoms with Crippen molar-refractivity contribution in [3.8, 4) is 5.75 Å². The molecule has 1 aromatic heterocycles. The minimum Gasteiger partial charge on any atom is -0.489 e. The first-order chi connectivity index (χ1) is 17.9. The third kappa shape index (κ3) is 5.08. The first-order valence-corrected chi connectivity index (χ1v) is 14.2. The second kappa shape index (κ2) is 10.3. The molecule has 1 aliphatic carbocycles. The molecule has 1 unspecified atom stereocenters. The number of rotatable bonds is 8. The molecule has 2 aliphatic heterocycles. The van der Waals surface area contributed by atoms with Crippen LogP contribution < -0.4 is 10.5 Å². The van der Waals surface area contributed by atoms with E-state index in [0.717, 1.165) is 60.0 Å². The van der Waals surface area contributed by atoms with Gasteiger partial charge >= 0.3 is 0 Å². The number of hydroxylamine groups is 2. The zero-order valence-corrected chi connectivity index (χ0v) is 22.6. The van der Waals surface area contributed by atoms with Crippen LogP contribution in [0, 0.1) is 0 Å². The lowest BCUT2D eigenvalue weighted by Gasteiger charge is -2.42. The van der Waals surface area contributed by atoms with Crippen molar-refractivity contribution < 1.29 is 19.5 Å². The molecule has 1 amide bonds. The van der Waals surface area contributed by atoms with Gasteiger partial charge in [-0.25, -0.2) is 0 Å². The highest BCUT2D eigenvalue weighted by atomic mass is 35.5. The summed E-state index contributed by atoms with van der Waals surface area (Å²) in [6.45, 7) is 2.63. The van der Waals surface area contributed by atoms with Crippen LogP contribution >= 0.6 is 34.5 Å². The number of benzene rings is 2. The zero-order valence-electron chi connectivity index (χ0n) is 20.2. The number of aliphatic hydroxyl groups excluding tert-OH is 1. The topological polar surface area (TPSA) is 88.3 Å². The molecule has 2 aromatic carbocycles. The smallest absolute Gasteiger partial charge is 0.241 e. The number of amides is 1.